The van der Waals surface area contributed by atoms with E-state index in [9.17, 15) is 13.2 Å². The molecule has 4 aromatic rings. The first-order chi connectivity index (χ1) is 21.5. The number of hydrogen-bond acceptors (Lipinski definition) is 5. The van der Waals surface area contributed by atoms with E-state index in [1.54, 1.807) is 24.4 Å². The molecule has 45 heavy (non-hydrogen) atoms. The van der Waals surface area contributed by atoms with E-state index < -0.39 is 32.8 Å². The van der Waals surface area contributed by atoms with Crippen molar-refractivity contribution in [1.82, 2.24) is 5.32 Å². The van der Waals surface area contributed by atoms with E-state index in [4.69, 9.17) is 10.5 Å². The van der Waals surface area contributed by atoms with Gasteiger partial charge in [-0.1, -0.05) is 90.5 Å². The molecule has 6 rings (SSSR count). The third-order valence-corrected chi connectivity index (χ3v) is 11.3. The number of carbonyl (C=O) groups excluding carboxylic acids is 1. The second-order valence-corrected chi connectivity index (χ2v) is 15.1. The topological polar surface area (TPSA) is 98.5 Å². The second-order valence-electron chi connectivity index (χ2n) is 13.0. The van der Waals surface area contributed by atoms with Gasteiger partial charge in [-0.2, -0.15) is 0 Å². The molecule has 232 valence electrons. The summed E-state index contributed by atoms with van der Waals surface area (Å²) in [7, 11) is -3.70. The van der Waals surface area contributed by atoms with Crippen molar-refractivity contribution in [3.05, 3.63) is 137 Å². The summed E-state index contributed by atoms with van der Waals surface area (Å²) < 4.78 is 33.7. The molecule has 0 aromatic heterocycles. The normalized spacial score (nSPS) is 18.7. The SMILES string of the molecule is Cc1ccc(S(=O)(=O)C2C=CNC2c2cc(C(CC(C)(C)OC(N)=O)C3Cc4ccccc4C3)ccc2-c2ccccc2)cc1. The van der Waals surface area contributed by atoms with Crippen LogP contribution >= 0.6 is 0 Å². The molecule has 1 amide bonds. The van der Waals surface area contributed by atoms with Crippen molar-refractivity contribution in [2.24, 2.45) is 11.7 Å². The minimum Gasteiger partial charge on any atom is -0.444 e. The Kier molecular flexibility index (Phi) is 8.31. The standard InChI is InChI=1S/C38H40N2O4S/c1-25-13-16-31(17-14-25)45(42,43)35-19-20-40-36(35)33-23-29(15-18-32(33)26-9-5-4-6-10-26)34(24-38(2,3)44-37(39)41)30-21-27-11-7-8-12-28(27)22-30/h4-20,23,30,34-36,40H,21-22,24H2,1-3H3,(H2,39,41). The van der Waals surface area contributed by atoms with E-state index >= 15 is 0 Å². The van der Waals surface area contributed by atoms with E-state index in [0.717, 1.165) is 40.7 Å². The lowest BCUT2D eigenvalue weighted by Gasteiger charge is -2.33. The van der Waals surface area contributed by atoms with Crippen molar-refractivity contribution in [2.45, 2.75) is 67.7 Å². The van der Waals surface area contributed by atoms with Gasteiger partial charge < -0.3 is 15.8 Å². The summed E-state index contributed by atoms with van der Waals surface area (Å²) in [6, 6.07) is 31.6. The summed E-state index contributed by atoms with van der Waals surface area (Å²) in [4.78, 5) is 12.2. The van der Waals surface area contributed by atoms with E-state index in [-0.39, 0.29) is 11.8 Å². The summed E-state index contributed by atoms with van der Waals surface area (Å²) in [5.41, 5.74) is 12.4. The Labute approximate surface area is 266 Å². The second kappa shape index (κ2) is 12.2. The zero-order valence-electron chi connectivity index (χ0n) is 25.9. The highest BCUT2D eigenvalue weighted by atomic mass is 32.2. The van der Waals surface area contributed by atoms with Crippen molar-refractivity contribution in [1.29, 1.82) is 0 Å². The zero-order chi connectivity index (χ0) is 31.8. The number of nitrogens with one attached hydrogen (secondary N) is 1. The molecule has 0 fully saturated rings. The van der Waals surface area contributed by atoms with Crippen molar-refractivity contribution in [2.75, 3.05) is 0 Å². The maximum atomic E-state index is 14.1. The van der Waals surface area contributed by atoms with Gasteiger partial charge in [-0.3, -0.25) is 0 Å². The van der Waals surface area contributed by atoms with Gasteiger partial charge in [0.1, 0.15) is 10.9 Å². The molecule has 3 unspecified atom stereocenters. The average molecular weight is 621 g/mol. The number of hydrogen-bond donors (Lipinski definition) is 2. The highest BCUT2D eigenvalue weighted by Crippen LogP contribution is 2.44. The number of rotatable bonds is 9. The number of carbonyl (C=O) groups is 1. The Morgan fingerprint density at radius 1 is 0.933 bits per heavy atom. The first-order valence-corrected chi connectivity index (χ1v) is 17.0. The van der Waals surface area contributed by atoms with Gasteiger partial charge in [0.2, 0.25) is 0 Å². The Bertz CT molecular complexity index is 1810. The minimum atomic E-state index is -3.70. The predicted octanol–water partition coefficient (Wildman–Crippen LogP) is 7.43. The number of nitrogens with two attached hydrogens (primary N) is 1. The smallest absolute Gasteiger partial charge is 0.405 e. The Morgan fingerprint density at radius 2 is 1.58 bits per heavy atom. The Balaban J connectivity index is 1.45. The molecule has 1 heterocycles. The fourth-order valence-electron chi connectivity index (χ4n) is 7.12. The van der Waals surface area contributed by atoms with Crippen molar-refractivity contribution >= 4 is 15.9 Å². The van der Waals surface area contributed by atoms with Crippen LogP contribution in [0.4, 0.5) is 4.79 Å². The number of sulfone groups is 1. The molecule has 0 spiro atoms. The lowest BCUT2D eigenvalue weighted by Crippen LogP contribution is -2.34. The summed E-state index contributed by atoms with van der Waals surface area (Å²) in [6.45, 7) is 5.75. The largest absolute Gasteiger partial charge is 0.444 e. The van der Waals surface area contributed by atoms with Gasteiger partial charge in [0.25, 0.3) is 0 Å². The molecule has 7 heteroatoms. The summed E-state index contributed by atoms with van der Waals surface area (Å²) in [6.07, 6.45) is 5.13. The van der Waals surface area contributed by atoms with Gasteiger partial charge in [0.05, 0.1) is 10.9 Å². The number of aryl methyl sites for hydroxylation is 1. The van der Waals surface area contributed by atoms with Crippen LogP contribution in [0.3, 0.4) is 0 Å². The molecule has 3 N–H and O–H groups in total. The van der Waals surface area contributed by atoms with Crippen molar-refractivity contribution in [3.8, 4) is 11.1 Å². The van der Waals surface area contributed by atoms with E-state index in [1.807, 2.05) is 51.1 Å². The van der Waals surface area contributed by atoms with Crippen LogP contribution in [0.2, 0.25) is 0 Å². The fraction of sp³-hybridized carbons (Fsp3) is 0.289. The Morgan fingerprint density at radius 3 is 2.22 bits per heavy atom. The van der Waals surface area contributed by atoms with Crippen LogP contribution in [-0.2, 0) is 27.4 Å². The number of amides is 1. The van der Waals surface area contributed by atoms with Gasteiger partial charge in [0, 0.05) is 0 Å². The molecule has 3 atom stereocenters. The molecule has 0 saturated carbocycles. The van der Waals surface area contributed by atoms with E-state index in [2.05, 4.69) is 59.9 Å². The van der Waals surface area contributed by atoms with Crippen LogP contribution in [0.15, 0.2) is 114 Å². The summed E-state index contributed by atoms with van der Waals surface area (Å²) in [5, 5.41) is 2.61. The van der Waals surface area contributed by atoms with Crippen molar-refractivity contribution in [3.63, 3.8) is 0 Å². The molecule has 0 radical (unpaired) electrons. The highest BCUT2D eigenvalue weighted by Gasteiger charge is 2.39. The average Bonchev–Trinajstić information content (AvgIpc) is 3.68. The van der Waals surface area contributed by atoms with Gasteiger partial charge in [-0.25, -0.2) is 13.2 Å². The summed E-state index contributed by atoms with van der Waals surface area (Å²) >= 11 is 0. The van der Waals surface area contributed by atoms with Crippen LogP contribution in [0.25, 0.3) is 11.1 Å². The first-order valence-electron chi connectivity index (χ1n) is 15.5. The molecule has 1 aliphatic carbocycles. The minimum absolute atomic E-state index is 0.0249. The molecule has 2 aliphatic rings. The van der Waals surface area contributed by atoms with Gasteiger partial charge >= 0.3 is 6.09 Å². The molecule has 0 bridgehead atoms. The predicted molar refractivity (Wildman–Crippen MR) is 178 cm³/mol. The number of fused-ring (bicyclic) bond motifs is 1. The molecule has 6 nitrogen and oxygen atoms in total. The molecule has 0 saturated heterocycles. The third-order valence-electron chi connectivity index (χ3n) is 9.26. The monoisotopic (exact) mass is 620 g/mol. The molecular formula is C38H40N2O4S. The van der Waals surface area contributed by atoms with Crippen LogP contribution in [0.5, 0.6) is 0 Å². The first kappa shape index (κ1) is 30.7. The van der Waals surface area contributed by atoms with Crippen LogP contribution in [-0.4, -0.2) is 25.4 Å². The highest BCUT2D eigenvalue weighted by molar-refractivity contribution is 7.92. The van der Waals surface area contributed by atoms with Crippen LogP contribution < -0.4 is 11.1 Å². The van der Waals surface area contributed by atoms with E-state index in [1.165, 1.54) is 11.1 Å². The maximum Gasteiger partial charge on any atom is 0.405 e. The fourth-order valence-corrected chi connectivity index (χ4v) is 8.82. The van der Waals surface area contributed by atoms with Crippen molar-refractivity contribution < 1.29 is 17.9 Å². The number of ether oxygens (including phenoxy) is 1. The number of primary amides is 1. The lowest BCUT2D eigenvalue weighted by atomic mass is 9.76. The van der Waals surface area contributed by atoms with Gasteiger partial charge in [-0.15, -0.1) is 0 Å². The quantitative estimate of drug-likeness (QED) is 0.203. The van der Waals surface area contributed by atoms with Crippen LogP contribution in [0, 0.1) is 12.8 Å². The van der Waals surface area contributed by atoms with Gasteiger partial charge in [-0.05, 0) is 110 Å². The Hall–Kier alpha value is -4.36. The third kappa shape index (κ3) is 6.40. The lowest BCUT2D eigenvalue weighted by molar-refractivity contribution is 0.0290. The molecule has 1 aliphatic heterocycles. The molecule has 4 aromatic carbocycles. The van der Waals surface area contributed by atoms with E-state index in [0.29, 0.717) is 11.3 Å². The number of benzene rings is 4. The maximum absolute atomic E-state index is 14.1. The van der Waals surface area contributed by atoms with Gasteiger partial charge in [0.15, 0.2) is 9.84 Å². The van der Waals surface area contributed by atoms with Crippen LogP contribution in [0.1, 0.15) is 60.0 Å². The zero-order valence-corrected chi connectivity index (χ0v) is 26.8. The molecular weight excluding hydrogens is 580 g/mol. The summed E-state index contributed by atoms with van der Waals surface area (Å²) in [5.74, 6) is 0.298.